The van der Waals surface area contributed by atoms with E-state index in [0.29, 0.717) is 10.8 Å². The molecule has 0 saturated heterocycles. The Morgan fingerprint density at radius 3 is 2.40 bits per heavy atom. The largest absolute Gasteiger partial charge is 0.417 e. The zero-order chi connectivity index (χ0) is 15.4. The molecule has 3 nitrogen and oxygen atoms in total. The molecule has 0 amide bonds. The standard InChI is InChI=1S/C13H19F3N2OS/c1-9(2)18-12(3,7-19)8-20-11-5-4-10(6-17-11)13(14,15)16/h4-6,9,18-19H,7-8H2,1-3H3. The second-order valence-corrected chi connectivity index (χ2v) is 6.18. The molecule has 0 fully saturated rings. The molecular weight excluding hydrogens is 289 g/mol. The summed E-state index contributed by atoms with van der Waals surface area (Å²) in [4.78, 5) is 3.80. The molecule has 1 rings (SSSR count). The third-order valence-corrected chi connectivity index (χ3v) is 3.91. The van der Waals surface area contributed by atoms with Gasteiger partial charge in [0.05, 0.1) is 17.2 Å². The maximum Gasteiger partial charge on any atom is 0.417 e. The van der Waals surface area contributed by atoms with E-state index in [-0.39, 0.29) is 12.6 Å². The van der Waals surface area contributed by atoms with Crippen molar-refractivity contribution in [2.75, 3.05) is 12.4 Å². The Morgan fingerprint density at radius 2 is 2.00 bits per heavy atom. The van der Waals surface area contributed by atoms with Crippen molar-refractivity contribution in [1.29, 1.82) is 0 Å². The number of pyridine rings is 1. The van der Waals surface area contributed by atoms with Crippen molar-refractivity contribution < 1.29 is 18.3 Å². The van der Waals surface area contributed by atoms with Crippen molar-refractivity contribution >= 4 is 11.8 Å². The van der Waals surface area contributed by atoms with Crippen LogP contribution in [0.3, 0.4) is 0 Å². The molecule has 0 bridgehead atoms. The number of nitrogens with one attached hydrogen (secondary N) is 1. The number of hydrogen-bond donors (Lipinski definition) is 2. The lowest BCUT2D eigenvalue weighted by Gasteiger charge is -2.30. The molecule has 20 heavy (non-hydrogen) atoms. The summed E-state index contributed by atoms with van der Waals surface area (Å²) in [5, 5.41) is 13.2. The van der Waals surface area contributed by atoms with Crippen LogP contribution in [-0.4, -0.2) is 34.0 Å². The molecule has 0 aliphatic carbocycles. The van der Waals surface area contributed by atoms with Gasteiger partial charge in [0, 0.05) is 23.5 Å². The normalized spacial score (nSPS) is 15.4. The number of nitrogens with zero attached hydrogens (tertiary/aromatic N) is 1. The van der Waals surface area contributed by atoms with Crippen molar-refractivity contribution in [3.63, 3.8) is 0 Å². The highest BCUT2D eigenvalue weighted by Crippen LogP contribution is 2.30. The average Bonchev–Trinajstić information content (AvgIpc) is 2.35. The molecular formula is C13H19F3N2OS. The summed E-state index contributed by atoms with van der Waals surface area (Å²) in [6.07, 6.45) is -3.54. The van der Waals surface area contributed by atoms with Gasteiger partial charge in [0.15, 0.2) is 0 Å². The van der Waals surface area contributed by atoms with E-state index in [1.807, 2.05) is 20.8 Å². The number of aliphatic hydroxyl groups excluding tert-OH is 1. The van der Waals surface area contributed by atoms with Crippen LogP contribution >= 0.6 is 11.8 Å². The smallest absolute Gasteiger partial charge is 0.394 e. The van der Waals surface area contributed by atoms with Crippen LogP contribution in [0.1, 0.15) is 26.3 Å². The first-order chi connectivity index (χ1) is 9.16. The van der Waals surface area contributed by atoms with Gasteiger partial charge < -0.3 is 10.4 Å². The lowest BCUT2D eigenvalue weighted by molar-refractivity contribution is -0.137. The second kappa shape index (κ2) is 6.78. The highest BCUT2D eigenvalue weighted by atomic mass is 32.2. The molecule has 1 atom stereocenters. The van der Waals surface area contributed by atoms with E-state index in [0.717, 1.165) is 12.3 Å². The molecule has 1 aromatic heterocycles. The van der Waals surface area contributed by atoms with E-state index < -0.39 is 17.3 Å². The molecule has 0 aromatic carbocycles. The van der Waals surface area contributed by atoms with Crippen LogP contribution in [0.2, 0.25) is 0 Å². The van der Waals surface area contributed by atoms with Crippen LogP contribution < -0.4 is 5.32 Å². The van der Waals surface area contributed by atoms with Gasteiger partial charge in [0.25, 0.3) is 0 Å². The Kier molecular flexibility index (Phi) is 5.85. The quantitative estimate of drug-likeness (QED) is 0.793. The molecule has 0 aliphatic heterocycles. The van der Waals surface area contributed by atoms with E-state index in [2.05, 4.69) is 10.3 Å². The Balaban J connectivity index is 2.65. The summed E-state index contributed by atoms with van der Waals surface area (Å²) in [6, 6.07) is 2.57. The van der Waals surface area contributed by atoms with E-state index in [1.165, 1.54) is 17.8 Å². The van der Waals surface area contributed by atoms with Crippen LogP contribution in [0.5, 0.6) is 0 Å². The summed E-state index contributed by atoms with van der Waals surface area (Å²) < 4.78 is 37.2. The van der Waals surface area contributed by atoms with Gasteiger partial charge in [-0.3, -0.25) is 0 Å². The maximum atomic E-state index is 12.4. The van der Waals surface area contributed by atoms with Crippen LogP contribution in [0.4, 0.5) is 13.2 Å². The fraction of sp³-hybridized carbons (Fsp3) is 0.615. The molecule has 7 heteroatoms. The first-order valence-corrected chi connectivity index (χ1v) is 7.19. The van der Waals surface area contributed by atoms with Gasteiger partial charge in [-0.05, 0) is 19.1 Å². The van der Waals surface area contributed by atoms with Gasteiger partial charge in [0.2, 0.25) is 0 Å². The third-order valence-electron chi connectivity index (χ3n) is 2.59. The predicted octanol–water partition coefficient (Wildman–Crippen LogP) is 2.94. The molecule has 2 N–H and O–H groups in total. The number of rotatable bonds is 6. The van der Waals surface area contributed by atoms with Gasteiger partial charge in [-0.1, -0.05) is 13.8 Å². The predicted molar refractivity (Wildman–Crippen MR) is 73.7 cm³/mol. The monoisotopic (exact) mass is 308 g/mol. The first-order valence-electron chi connectivity index (χ1n) is 6.21. The van der Waals surface area contributed by atoms with E-state index in [1.54, 1.807) is 0 Å². The summed E-state index contributed by atoms with van der Waals surface area (Å²) in [6.45, 7) is 5.74. The number of alkyl halides is 3. The summed E-state index contributed by atoms with van der Waals surface area (Å²) in [7, 11) is 0. The number of thioether (sulfide) groups is 1. The van der Waals surface area contributed by atoms with Crippen LogP contribution in [0.25, 0.3) is 0 Å². The minimum Gasteiger partial charge on any atom is -0.394 e. The minimum absolute atomic E-state index is 0.0567. The van der Waals surface area contributed by atoms with E-state index >= 15 is 0 Å². The number of aliphatic hydroxyl groups is 1. The van der Waals surface area contributed by atoms with Crippen LogP contribution in [-0.2, 0) is 6.18 Å². The Morgan fingerprint density at radius 1 is 1.35 bits per heavy atom. The highest BCUT2D eigenvalue weighted by Gasteiger charge is 2.31. The maximum absolute atomic E-state index is 12.4. The average molecular weight is 308 g/mol. The van der Waals surface area contributed by atoms with Gasteiger partial charge in [0.1, 0.15) is 0 Å². The Bertz CT molecular complexity index is 423. The number of aromatic nitrogens is 1. The zero-order valence-electron chi connectivity index (χ0n) is 11.7. The fourth-order valence-electron chi connectivity index (χ4n) is 1.70. The highest BCUT2D eigenvalue weighted by molar-refractivity contribution is 7.99. The molecule has 0 spiro atoms. The SMILES string of the molecule is CC(C)NC(C)(CO)CSc1ccc(C(F)(F)F)cn1. The lowest BCUT2D eigenvalue weighted by Crippen LogP contribution is -2.51. The van der Waals surface area contributed by atoms with Crippen molar-refractivity contribution in [2.45, 2.75) is 43.6 Å². The van der Waals surface area contributed by atoms with Crippen molar-refractivity contribution in [1.82, 2.24) is 10.3 Å². The lowest BCUT2D eigenvalue weighted by atomic mass is 10.1. The van der Waals surface area contributed by atoms with E-state index in [4.69, 9.17) is 0 Å². The first kappa shape index (κ1) is 17.3. The van der Waals surface area contributed by atoms with Crippen LogP contribution in [0, 0.1) is 0 Å². The van der Waals surface area contributed by atoms with Crippen molar-refractivity contribution in [2.24, 2.45) is 0 Å². The fourth-order valence-corrected chi connectivity index (χ4v) is 2.63. The molecule has 0 saturated carbocycles. The van der Waals surface area contributed by atoms with Gasteiger partial charge in [-0.2, -0.15) is 13.2 Å². The van der Waals surface area contributed by atoms with Crippen molar-refractivity contribution in [3.05, 3.63) is 23.9 Å². The Hall–Kier alpha value is -0.790. The summed E-state index contributed by atoms with van der Waals surface area (Å²) in [5.74, 6) is 0.514. The zero-order valence-corrected chi connectivity index (χ0v) is 12.5. The summed E-state index contributed by atoms with van der Waals surface area (Å²) in [5.41, 5.74) is -1.25. The topological polar surface area (TPSA) is 45.1 Å². The number of hydrogen-bond acceptors (Lipinski definition) is 4. The molecule has 114 valence electrons. The number of halogens is 3. The molecule has 1 heterocycles. The summed E-state index contributed by atoms with van der Waals surface area (Å²) >= 11 is 1.31. The molecule has 0 aliphatic rings. The van der Waals surface area contributed by atoms with Gasteiger partial charge in [-0.15, -0.1) is 11.8 Å². The third kappa shape index (κ3) is 5.30. The molecule has 1 unspecified atom stereocenters. The minimum atomic E-state index is -4.37. The second-order valence-electron chi connectivity index (χ2n) is 5.19. The van der Waals surface area contributed by atoms with Crippen LogP contribution in [0.15, 0.2) is 23.4 Å². The van der Waals surface area contributed by atoms with Gasteiger partial charge in [-0.25, -0.2) is 4.98 Å². The van der Waals surface area contributed by atoms with Crippen molar-refractivity contribution in [3.8, 4) is 0 Å². The van der Waals surface area contributed by atoms with E-state index in [9.17, 15) is 18.3 Å². The molecule has 0 radical (unpaired) electrons. The van der Waals surface area contributed by atoms with Gasteiger partial charge >= 0.3 is 6.18 Å². The molecule has 1 aromatic rings. The Labute approximate surface area is 121 Å².